The Bertz CT molecular complexity index is 957. The summed E-state index contributed by atoms with van der Waals surface area (Å²) in [6.07, 6.45) is 1.89. The van der Waals surface area contributed by atoms with Crippen molar-refractivity contribution >= 4 is 23.2 Å². The van der Waals surface area contributed by atoms with Crippen LogP contribution < -0.4 is 10.8 Å². The van der Waals surface area contributed by atoms with Crippen molar-refractivity contribution in [2.75, 3.05) is 6.54 Å². The normalized spacial score (nSPS) is 11.3. The van der Waals surface area contributed by atoms with Gasteiger partial charge in [-0.25, -0.2) is 0 Å². The van der Waals surface area contributed by atoms with Gasteiger partial charge in [-0.15, -0.1) is 11.3 Å². The van der Waals surface area contributed by atoms with E-state index in [1.54, 1.807) is 18.2 Å². The van der Waals surface area contributed by atoms with E-state index in [1.165, 1.54) is 16.9 Å². The van der Waals surface area contributed by atoms with Crippen molar-refractivity contribution in [2.24, 2.45) is 4.99 Å². The van der Waals surface area contributed by atoms with Crippen molar-refractivity contribution < 1.29 is 9.59 Å². The van der Waals surface area contributed by atoms with Gasteiger partial charge in [-0.05, 0) is 36.1 Å². The number of amides is 2. The molecule has 0 unspecified atom stereocenters. The van der Waals surface area contributed by atoms with Gasteiger partial charge in [0.25, 0.3) is 11.8 Å². The number of carbonyl (C=O) groups is 2. The average Bonchev–Trinajstić information content (AvgIpc) is 3.18. The van der Waals surface area contributed by atoms with Crippen LogP contribution in [0.25, 0.3) is 0 Å². The number of pyridine rings is 1. The molecule has 6 heteroatoms. The molecule has 0 saturated carbocycles. The lowest BCUT2D eigenvalue weighted by molar-refractivity contribution is -0.117. The Morgan fingerprint density at radius 1 is 1.08 bits per heavy atom. The number of aryl methyl sites for hydroxylation is 1. The maximum Gasteiger partial charge on any atom is 0.267 e. The summed E-state index contributed by atoms with van der Waals surface area (Å²) in [4.78, 5) is 28.8. The minimum Gasteiger partial charge on any atom is -0.342 e. The molecule has 5 nitrogen and oxygen atoms in total. The maximum absolute atomic E-state index is 12.1. The largest absolute Gasteiger partial charge is 0.342 e. The van der Waals surface area contributed by atoms with Crippen LogP contribution in [0.4, 0.5) is 0 Å². The van der Waals surface area contributed by atoms with Crippen LogP contribution in [0, 0.1) is 6.92 Å². The third-order valence-corrected chi connectivity index (χ3v) is 4.64. The lowest BCUT2D eigenvalue weighted by Crippen LogP contribution is -2.30. The topological polar surface area (TPSA) is 63.5 Å². The number of nitrogens with zero attached hydrogens (tertiary/aromatic N) is 2. The Labute approximate surface area is 155 Å². The summed E-state index contributed by atoms with van der Waals surface area (Å²) in [5, 5.41) is 4.42. The minimum atomic E-state index is -0.390. The molecule has 3 rings (SSSR count). The summed E-state index contributed by atoms with van der Waals surface area (Å²) in [6, 6.07) is 17.3. The number of hydrogen-bond donors (Lipinski definition) is 1. The number of hydrogen-bond acceptors (Lipinski definition) is 3. The van der Waals surface area contributed by atoms with E-state index < -0.39 is 5.91 Å². The maximum atomic E-state index is 12.1. The molecule has 1 aromatic carbocycles. The monoisotopic (exact) mass is 365 g/mol. The first-order chi connectivity index (χ1) is 12.6. The van der Waals surface area contributed by atoms with Crippen molar-refractivity contribution in [2.45, 2.75) is 13.5 Å². The minimum absolute atomic E-state index is 0.129. The second-order valence-corrected chi connectivity index (χ2v) is 6.79. The van der Waals surface area contributed by atoms with E-state index in [2.05, 4.69) is 34.6 Å². The number of aromatic nitrogens is 1. The quantitative estimate of drug-likeness (QED) is 0.756. The first kappa shape index (κ1) is 17.8. The molecular formula is C20H19N3O2S. The van der Waals surface area contributed by atoms with E-state index >= 15 is 0 Å². The summed E-state index contributed by atoms with van der Waals surface area (Å²) in [5.74, 6) is -0.650. The van der Waals surface area contributed by atoms with E-state index in [0.717, 1.165) is 5.56 Å². The molecule has 1 N–H and O–H groups in total. The van der Waals surface area contributed by atoms with Crippen LogP contribution in [-0.4, -0.2) is 22.9 Å². The predicted octanol–water partition coefficient (Wildman–Crippen LogP) is 2.76. The SMILES string of the molecule is Cc1ccc(Cn2ccccc2=NC(=O)CNC(=O)c2cccs2)cc1. The van der Waals surface area contributed by atoms with Crippen LogP contribution in [0.2, 0.25) is 0 Å². The Balaban J connectivity index is 1.70. The van der Waals surface area contributed by atoms with Gasteiger partial charge < -0.3 is 9.88 Å². The van der Waals surface area contributed by atoms with Crippen LogP contribution in [0.3, 0.4) is 0 Å². The first-order valence-electron chi connectivity index (χ1n) is 8.22. The number of thiophene rings is 1. The first-order valence-corrected chi connectivity index (χ1v) is 9.10. The number of carbonyl (C=O) groups excluding carboxylic acids is 2. The molecule has 0 bridgehead atoms. The molecule has 2 heterocycles. The van der Waals surface area contributed by atoms with E-state index in [-0.39, 0.29) is 12.5 Å². The molecule has 0 spiro atoms. The zero-order valence-corrected chi connectivity index (χ0v) is 15.2. The highest BCUT2D eigenvalue weighted by Gasteiger charge is 2.08. The van der Waals surface area contributed by atoms with Crippen molar-refractivity contribution in [3.63, 3.8) is 0 Å². The third-order valence-electron chi connectivity index (χ3n) is 3.77. The number of nitrogens with one attached hydrogen (secondary N) is 1. The molecule has 0 fully saturated rings. The highest BCUT2D eigenvalue weighted by atomic mass is 32.1. The molecule has 0 saturated heterocycles. The molecule has 0 aliphatic carbocycles. The van der Waals surface area contributed by atoms with Crippen LogP contribution in [0.1, 0.15) is 20.8 Å². The summed E-state index contributed by atoms with van der Waals surface area (Å²) in [6.45, 7) is 2.54. The number of rotatable bonds is 5. The average molecular weight is 365 g/mol. The molecule has 0 aliphatic rings. The molecule has 132 valence electrons. The van der Waals surface area contributed by atoms with E-state index in [0.29, 0.717) is 16.9 Å². The zero-order valence-electron chi connectivity index (χ0n) is 14.4. The molecule has 3 aromatic rings. The summed E-state index contributed by atoms with van der Waals surface area (Å²) in [7, 11) is 0. The van der Waals surface area contributed by atoms with Crippen molar-refractivity contribution in [1.29, 1.82) is 0 Å². The second kappa shape index (κ2) is 8.40. The van der Waals surface area contributed by atoms with Crippen LogP contribution >= 0.6 is 11.3 Å². The Hall–Kier alpha value is -2.99. The van der Waals surface area contributed by atoms with Crippen molar-refractivity contribution in [3.8, 4) is 0 Å². The predicted molar refractivity (Wildman–Crippen MR) is 102 cm³/mol. The molecule has 2 amide bonds. The van der Waals surface area contributed by atoms with Gasteiger partial charge in [-0.1, -0.05) is 42.0 Å². The van der Waals surface area contributed by atoms with Crippen molar-refractivity contribution in [3.05, 3.63) is 87.7 Å². The highest BCUT2D eigenvalue weighted by Crippen LogP contribution is 2.07. The van der Waals surface area contributed by atoms with Gasteiger partial charge in [0, 0.05) is 12.7 Å². The van der Waals surface area contributed by atoms with Crippen LogP contribution in [-0.2, 0) is 11.3 Å². The fourth-order valence-electron chi connectivity index (χ4n) is 2.41. The van der Waals surface area contributed by atoms with Gasteiger partial charge in [0.1, 0.15) is 5.49 Å². The second-order valence-electron chi connectivity index (χ2n) is 5.84. The van der Waals surface area contributed by atoms with Gasteiger partial charge in [0.05, 0.1) is 11.4 Å². The van der Waals surface area contributed by atoms with Gasteiger partial charge in [-0.3, -0.25) is 9.59 Å². The summed E-state index contributed by atoms with van der Waals surface area (Å²) < 4.78 is 1.91. The lowest BCUT2D eigenvalue weighted by atomic mass is 10.1. The van der Waals surface area contributed by atoms with Gasteiger partial charge in [0.2, 0.25) is 0 Å². The third kappa shape index (κ3) is 4.77. The van der Waals surface area contributed by atoms with Crippen LogP contribution in [0.5, 0.6) is 0 Å². The number of benzene rings is 1. The molecule has 0 aliphatic heterocycles. The molecule has 2 aromatic heterocycles. The molecule has 0 radical (unpaired) electrons. The van der Waals surface area contributed by atoms with Gasteiger partial charge in [-0.2, -0.15) is 4.99 Å². The zero-order chi connectivity index (χ0) is 18.4. The van der Waals surface area contributed by atoms with E-state index in [1.807, 2.05) is 35.2 Å². The Morgan fingerprint density at radius 2 is 1.88 bits per heavy atom. The molecular weight excluding hydrogens is 346 g/mol. The Kier molecular flexibility index (Phi) is 5.76. The van der Waals surface area contributed by atoms with Crippen molar-refractivity contribution in [1.82, 2.24) is 9.88 Å². The highest BCUT2D eigenvalue weighted by molar-refractivity contribution is 7.12. The molecule has 26 heavy (non-hydrogen) atoms. The Morgan fingerprint density at radius 3 is 2.62 bits per heavy atom. The molecule has 0 atom stereocenters. The fraction of sp³-hybridized carbons (Fsp3) is 0.150. The van der Waals surface area contributed by atoms with E-state index in [9.17, 15) is 9.59 Å². The smallest absolute Gasteiger partial charge is 0.267 e. The summed E-state index contributed by atoms with van der Waals surface area (Å²) in [5.41, 5.74) is 2.89. The van der Waals surface area contributed by atoms with Gasteiger partial charge >= 0.3 is 0 Å². The van der Waals surface area contributed by atoms with Crippen LogP contribution in [0.15, 0.2) is 71.2 Å². The van der Waals surface area contributed by atoms with Gasteiger partial charge in [0.15, 0.2) is 0 Å². The standard InChI is InChI=1S/C20H19N3O2S/c1-15-7-9-16(10-8-15)14-23-11-3-2-6-18(23)22-19(24)13-21-20(25)17-5-4-12-26-17/h2-12H,13-14H2,1H3,(H,21,25). The summed E-state index contributed by atoms with van der Waals surface area (Å²) >= 11 is 1.33. The fourth-order valence-corrected chi connectivity index (χ4v) is 3.05. The lowest BCUT2D eigenvalue weighted by Gasteiger charge is -2.08. The van der Waals surface area contributed by atoms with E-state index in [4.69, 9.17) is 0 Å².